The molecule has 1 heteroatoms. The smallest absolute Gasteiger partial charge is 0.0930 e. The molecule has 1 fully saturated rings. The molecule has 0 aliphatic heterocycles. The summed E-state index contributed by atoms with van der Waals surface area (Å²) in [6.45, 7) is 1.75. The van der Waals surface area contributed by atoms with Crippen LogP contribution >= 0.6 is 0 Å². The first-order chi connectivity index (χ1) is 2.80. The maximum atomic E-state index is 10.3. The lowest BCUT2D eigenvalue weighted by Gasteiger charge is -1.89. The van der Waals surface area contributed by atoms with E-state index in [1.807, 2.05) is 0 Å². The summed E-state index contributed by atoms with van der Waals surface area (Å²) >= 11 is 0. The highest BCUT2D eigenvalue weighted by Crippen LogP contribution is 2.32. The Hall–Kier alpha value is -0.0400. The molecule has 0 aromatic heterocycles. The first kappa shape index (κ1) is 4.13. The van der Waals surface area contributed by atoms with Crippen molar-refractivity contribution in [3.8, 4) is 0 Å². The minimum atomic E-state index is -0.287. The van der Waals surface area contributed by atoms with Crippen LogP contribution in [0.15, 0.2) is 0 Å². The molecule has 0 amide bonds. The van der Waals surface area contributed by atoms with Crippen LogP contribution in [0.25, 0.3) is 0 Å². The molecule has 0 spiro atoms. The van der Waals surface area contributed by atoms with E-state index < -0.39 is 0 Å². The van der Waals surface area contributed by atoms with E-state index in [2.05, 4.69) is 0 Å². The van der Waals surface area contributed by atoms with Crippen LogP contribution in [-0.4, -0.2) is 6.10 Å². The third-order valence-corrected chi connectivity index (χ3v) is 1.29. The fourth-order valence-electron chi connectivity index (χ4n) is 0.566. The fourth-order valence-corrected chi connectivity index (χ4v) is 0.566. The van der Waals surface area contributed by atoms with Gasteiger partial charge in [0.25, 0.3) is 0 Å². The zero-order valence-electron chi connectivity index (χ0n) is 3.98. The van der Waals surface area contributed by atoms with Crippen LogP contribution in [0.4, 0.5) is 0 Å². The molecule has 1 radical (unpaired) electrons. The quantitative estimate of drug-likeness (QED) is 0.456. The standard InChI is InChI=1S/C5H9O/c1-4(6)5-2-3-5/h4-5H,2-3H2,1H3. The van der Waals surface area contributed by atoms with E-state index in [0.29, 0.717) is 5.92 Å². The summed E-state index contributed by atoms with van der Waals surface area (Å²) in [5, 5.41) is 10.3. The largest absolute Gasteiger partial charge is 0.233 e. The highest BCUT2D eigenvalue weighted by atomic mass is 16.3. The minimum absolute atomic E-state index is 0.287. The van der Waals surface area contributed by atoms with E-state index in [9.17, 15) is 5.11 Å². The zero-order valence-corrected chi connectivity index (χ0v) is 3.98. The van der Waals surface area contributed by atoms with E-state index in [4.69, 9.17) is 0 Å². The highest BCUT2D eigenvalue weighted by molar-refractivity contribution is 4.77. The van der Waals surface area contributed by atoms with Gasteiger partial charge in [-0.1, -0.05) is 0 Å². The van der Waals surface area contributed by atoms with Gasteiger partial charge in [-0.25, -0.2) is 5.11 Å². The third-order valence-electron chi connectivity index (χ3n) is 1.29. The second-order valence-corrected chi connectivity index (χ2v) is 2.04. The monoisotopic (exact) mass is 85.1 g/mol. The summed E-state index contributed by atoms with van der Waals surface area (Å²) < 4.78 is 0. The second-order valence-electron chi connectivity index (χ2n) is 2.04. The van der Waals surface area contributed by atoms with Crippen molar-refractivity contribution in [1.29, 1.82) is 0 Å². The SMILES string of the molecule is CC([O])C1CC1. The summed E-state index contributed by atoms with van der Waals surface area (Å²) in [4.78, 5) is 0. The Kier molecular flexibility index (Phi) is 0.845. The van der Waals surface area contributed by atoms with Crippen molar-refractivity contribution in [2.24, 2.45) is 5.92 Å². The summed E-state index contributed by atoms with van der Waals surface area (Å²) in [6, 6.07) is 0. The molecule has 6 heavy (non-hydrogen) atoms. The zero-order chi connectivity index (χ0) is 4.57. The van der Waals surface area contributed by atoms with Crippen LogP contribution in [0, 0.1) is 5.92 Å². The van der Waals surface area contributed by atoms with Gasteiger partial charge < -0.3 is 0 Å². The molecule has 0 aromatic carbocycles. The Morgan fingerprint density at radius 1 is 1.67 bits per heavy atom. The Morgan fingerprint density at radius 3 is 2.17 bits per heavy atom. The van der Waals surface area contributed by atoms with Gasteiger partial charge in [0.1, 0.15) is 0 Å². The van der Waals surface area contributed by atoms with Crippen LogP contribution in [0.2, 0.25) is 0 Å². The van der Waals surface area contributed by atoms with Crippen molar-refractivity contribution < 1.29 is 5.11 Å². The Morgan fingerprint density at radius 2 is 2.17 bits per heavy atom. The molecule has 1 aliphatic carbocycles. The van der Waals surface area contributed by atoms with Crippen molar-refractivity contribution >= 4 is 0 Å². The van der Waals surface area contributed by atoms with Gasteiger partial charge in [0.15, 0.2) is 0 Å². The van der Waals surface area contributed by atoms with Crippen molar-refractivity contribution in [2.45, 2.75) is 25.9 Å². The molecule has 0 bridgehead atoms. The molecule has 1 aliphatic rings. The maximum Gasteiger partial charge on any atom is 0.0930 e. The van der Waals surface area contributed by atoms with Gasteiger partial charge in [-0.2, -0.15) is 0 Å². The van der Waals surface area contributed by atoms with Gasteiger partial charge >= 0.3 is 0 Å². The molecule has 0 saturated heterocycles. The molecule has 1 atom stereocenters. The van der Waals surface area contributed by atoms with Gasteiger partial charge in [0.2, 0.25) is 0 Å². The van der Waals surface area contributed by atoms with E-state index in [-0.39, 0.29) is 6.10 Å². The summed E-state index contributed by atoms with van der Waals surface area (Å²) in [7, 11) is 0. The first-order valence-corrected chi connectivity index (χ1v) is 2.46. The maximum absolute atomic E-state index is 10.3. The molecule has 0 aromatic rings. The summed E-state index contributed by atoms with van der Waals surface area (Å²) in [5.41, 5.74) is 0. The van der Waals surface area contributed by atoms with Crippen LogP contribution < -0.4 is 0 Å². The second kappa shape index (κ2) is 1.23. The van der Waals surface area contributed by atoms with Gasteiger partial charge in [0.05, 0.1) is 6.10 Å². The lowest BCUT2D eigenvalue weighted by atomic mass is 10.3. The van der Waals surface area contributed by atoms with E-state index in [1.165, 1.54) is 12.8 Å². The average molecular weight is 85.1 g/mol. The molecule has 0 N–H and O–H groups in total. The summed E-state index contributed by atoms with van der Waals surface area (Å²) in [5.74, 6) is 0.546. The van der Waals surface area contributed by atoms with Crippen LogP contribution in [0.1, 0.15) is 19.8 Å². The van der Waals surface area contributed by atoms with E-state index in [0.717, 1.165) is 0 Å². The Labute approximate surface area is 38.0 Å². The molecular weight excluding hydrogens is 76.1 g/mol. The molecule has 0 heterocycles. The highest BCUT2D eigenvalue weighted by Gasteiger charge is 2.27. The molecule has 1 rings (SSSR count). The Balaban J connectivity index is 2.13. The molecule has 1 nitrogen and oxygen atoms in total. The van der Waals surface area contributed by atoms with Crippen molar-refractivity contribution in [1.82, 2.24) is 0 Å². The van der Waals surface area contributed by atoms with Gasteiger partial charge in [-0.15, -0.1) is 0 Å². The van der Waals surface area contributed by atoms with Gasteiger partial charge in [0, 0.05) is 0 Å². The topological polar surface area (TPSA) is 19.9 Å². The molecular formula is C5H9O. The van der Waals surface area contributed by atoms with Crippen molar-refractivity contribution in [3.05, 3.63) is 0 Å². The number of hydrogen-bond acceptors (Lipinski definition) is 0. The van der Waals surface area contributed by atoms with Crippen LogP contribution in [-0.2, 0) is 5.11 Å². The fraction of sp³-hybridized carbons (Fsp3) is 1.00. The van der Waals surface area contributed by atoms with Gasteiger partial charge in [-0.3, -0.25) is 0 Å². The lowest BCUT2D eigenvalue weighted by molar-refractivity contribution is 0.0863. The van der Waals surface area contributed by atoms with Crippen molar-refractivity contribution in [3.63, 3.8) is 0 Å². The first-order valence-electron chi connectivity index (χ1n) is 2.46. The average Bonchev–Trinajstić information content (AvgIpc) is 2.06. The Bertz CT molecular complexity index is 45.9. The molecule has 35 valence electrons. The van der Waals surface area contributed by atoms with Gasteiger partial charge in [-0.05, 0) is 25.7 Å². The number of rotatable bonds is 1. The van der Waals surface area contributed by atoms with E-state index in [1.54, 1.807) is 6.92 Å². The van der Waals surface area contributed by atoms with Crippen LogP contribution in [0.3, 0.4) is 0 Å². The minimum Gasteiger partial charge on any atom is -0.233 e. The molecule has 1 saturated carbocycles. The summed E-state index contributed by atoms with van der Waals surface area (Å²) in [6.07, 6.45) is 2.08. The van der Waals surface area contributed by atoms with E-state index >= 15 is 0 Å². The van der Waals surface area contributed by atoms with Crippen molar-refractivity contribution in [2.75, 3.05) is 0 Å². The lowest BCUT2D eigenvalue weighted by Crippen LogP contribution is -1.97. The number of hydrogen-bond donors (Lipinski definition) is 0. The molecule has 1 unspecified atom stereocenters. The third kappa shape index (κ3) is 0.716. The predicted octanol–water partition coefficient (Wildman–Crippen LogP) is 1.22. The predicted molar refractivity (Wildman–Crippen MR) is 22.9 cm³/mol. The van der Waals surface area contributed by atoms with Crippen LogP contribution in [0.5, 0.6) is 0 Å². The normalized spacial score (nSPS) is 27.0.